The molecule has 5 nitrogen and oxygen atoms in total. The van der Waals surface area contributed by atoms with Crippen LogP contribution >= 0.6 is 0 Å². The summed E-state index contributed by atoms with van der Waals surface area (Å²) in [5.41, 5.74) is 2.36. The molecule has 0 saturated heterocycles. The second-order valence-electron chi connectivity index (χ2n) is 5.37. The molecular formula is C18H22O5. The number of carbonyl (C=O) groups is 1. The van der Waals surface area contributed by atoms with Gasteiger partial charge in [0.05, 0.1) is 25.9 Å². The Morgan fingerprint density at radius 2 is 2.13 bits per heavy atom. The highest BCUT2D eigenvalue weighted by atomic mass is 16.6. The number of rotatable bonds is 6. The number of allylic oxidation sites excluding steroid dienone is 1. The Kier molecular flexibility index (Phi) is 5.96. The van der Waals surface area contributed by atoms with Gasteiger partial charge in [-0.1, -0.05) is 6.08 Å². The van der Waals surface area contributed by atoms with E-state index in [1.807, 2.05) is 6.92 Å². The van der Waals surface area contributed by atoms with E-state index in [1.54, 1.807) is 37.5 Å². The third-order valence-electron chi connectivity index (χ3n) is 3.92. The first-order valence-electron chi connectivity index (χ1n) is 7.47. The fraction of sp³-hybridized carbons (Fsp3) is 0.389. The number of hydrogen-bond acceptors (Lipinski definition) is 5. The van der Waals surface area contributed by atoms with Crippen LogP contribution in [0.4, 0.5) is 0 Å². The highest BCUT2D eigenvalue weighted by molar-refractivity contribution is 5.89. The second kappa shape index (κ2) is 7.94. The summed E-state index contributed by atoms with van der Waals surface area (Å²) in [5, 5.41) is 9.47. The molecule has 0 radical (unpaired) electrons. The van der Waals surface area contributed by atoms with Crippen molar-refractivity contribution in [1.29, 1.82) is 0 Å². The third kappa shape index (κ3) is 4.00. The Labute approximate surface area is 136 Å². The van der Waals surface area contributed by atoms with Crippen molar-refractivity contribution in [2.45, 2.75) is 25.6 Å². The van der Waals surface area contributed by atoms with Gasteiger partial charge in [-0.15, -0.1) is 6.58 Å². The van der Waals surface area contributed by atoms with Gasteiger partial charge in [-0.25, -0.2) is 4.79 Å². The zero-order valence-electron chi connectivity index (χ0n) is 13.5. The highest BCUT2D eigenvalue weighted by Gasteiger charge is 2.32. The van der Waals surface area contributed by atoms with Crippen molar-refractivity contribution in [3.8, 4) is 5.75 Å². The van der Waals surface area contributed by atoms with Crippen LogP contribution in [0.15, 0.2) is 48.1 Å². The Morgan fingerprint density at radius 1 is 1.43 bits per heavy atom. The molecule has 1 N–H and O–H groups in total. The molecule has 0 saturated carbocycles. The van der Waals surface area contributed by atoms with E-state index in [-0.39, 0.29) is 6.61 Å². The molecule has 2 rings (SSSR count). The van der Waals surface area contributed by atoms with Crippen molar-refractivity contribution in [3.05, 3.63) is 53.6 Å². The Morgan fingerprint density at radius 3 is 2.70 bits per heavy atom. The van der Waals surface area contributed by atoms with Crippen LogP contribution in [0.25, 0.3) is 0 Å². The third-order valence-corrected chi connectivity index (χ3v) is 3.92. The zero-order valence-corrected chi connectivity index (χ0v) is 13.5. The standard InChI is InChI=1S/C18H22O5/c1-4-5-14-11-22-16(10-19)17(12(14)2)23-18(20)13-6-8-15(21-3)9-7-13/h4,6-9,16-17,19H,1,5,10-11H2,2-3H3/t16-,17+/m1/s1. The van der Waals surface area contributed by atoms with Gasteiger partial charge >= 0.3 is 5.97 Å². The average molecular weight is 318 g/mol. The van der Waals surface area contributed by atoms with Crippen LogP contribution in [0.5, 0.6) is 5.75 Å². The van der Waals surface area contributed by atoms with E-state index in [2.05, 4.69) is 6.58 Å². The molecule has 0 aromatic heterocycles. The van der Waals surface area contributed by atoms with Crippen LogP contribution in [-0.2, 0) is 9.47 Å². The van der Waals surface area contributed by atoms with E-state index < -0.39 is 18.2 Å². The van der Waals surface area contributed by atoms with E-state index in [9.17, 15) is 9.90 Å². The molecule has 2 atom stereocenters. The lowest BCUT2D eigenvalue weighted by Gasteiger charge is -2.33. The topological polar surface area (TPSA) is 65.0 Å². The zero-order chi connectivity index (χ0) is 16.8. The molecule has 0 amide bonds. The molecular weight excluding hydrogens is 296 g/mol. The van der Waals surface area contributed by atoms with E-state index >= 15 is 0 Å². The van der Waals surface area contributed by atoms with Crippen molar-refractivity contribution < 1.29 is 24.1 Å². The number of aliphatic hydroxyl groups excluding tert-OH is 1. The van der Waals surface area contributed by atoms with Crippen molar-refractivity contribution in [2.24, 2.45) is 0 Å². The van der Waals surface area contributed by atoms with E-state index in [0.717, 1.165) is 11.1 Å². The molecule has 5 heteroatoms. The van der Waals surface area contributed by atoms with E-state index in [4.69, 9.17) is 14.2 Å². The van der Waals surface area contributed by atoms with Gasteiger partial charge in [0.15, 0.2) is 6.10 Å². The lowest BCUT2D eigenvalue weighted by Crippen LogP contribution is -2.41. The molecule has 0 fully saturated rings. The molecule has 1 aromatic rings. The van der Waals surface area contributed by atoms with Crippen molar-refractivity contribution in [2.75, 3.05) is 20.3 Å². The Bertz CT molecular complexity index is 588. The van der Waals surface area contributed by atoms with Gasteiger partial charge in [-0.3, -0.25) is 0 Å². The number of benzene rings is 1. The van der Waals surface area contributed by atoms with Crippen LogP contribution in [0, 0.1) is 0 Å². The minimum atomic E-state index is -0.599. The lowest BCUT2D eigenvalue weighted by atomic mass is 9.95. The molecule has 124 valence electrons. The van der Waals surface area contributed by atoms with Crippen LogP contribution in [0.1, 0.15) is 23.7 Å². The van der Waals surface area contributed by atoms with Crippen LogP contribution in [0.3, 0.4) is 0 Å². The van der Waals surface area contributed by atoms with Gasteiger partial charge in [0.1, 0.15) is 11.9 Å². The van der Waals surface area contributed by atoms with Gasteiger partial charge in [0.25, 0.3) is 0 Å². The molecule has 23 heavy (non-hydrogen) atoms. The van der Waals surface area contributed by atoms with E-state index in [0.29, 0.717) is 24.3 Å². The van der Waals surface area contributed by atoms with Crippen molar-refractivity contribution >= 4 is 5.97 Å². The molecule has 1 heterocycles. The normalized spacial score (nSPS) is 21.0. The summed E-state index contributed by atoms with van der Waals surface area (Å²) < 4.78 is 16.3. The smallest absolute Gasteiger partial charge is 0.338 e. The van der Waals surface area contributed by atoms with Gasteiger partial charge in [0.2, 0.25) is 0 Å². The summed E-state index contributed by atoms with van der Waals surface area (Å²) >= 11 is 0. The number of methoxy groups -OCH3 is 1. The van der Waals surface area contributed by atoms with Crippen molar-refractivity contribution in [1.82, 2.24) is 0 Å². The number of esters is 1. The number of aliphatic hydroxyl groups is 1. The molecule has 0 spiro atoms. The maximum absolute atomic E-state index is 12.3. The summed E-state index contributed by atoms with van der Waals surface area (Å²) in [6.07, 6.45) is 1.30. The molecule has 1 aromatic carbocycles. The first-order chi connectivity index (χ1) is 11.1. The average Bonchev–Trinajstić information content (AvgIpc) is 2.58. The van der Waals surface area contributed by atoms with Crippen LogP contribution in [0.2, 0.25) is 0 Å². The van der Waals surface area contributed by atoms with Crippen molar-refractivity contribution in [3.63, 3.8) is 0 Å². The fourth-order valence-electron chi connectivity index (χ4n) is 2.51. The first kappa shape index (κ1) is 17.2. The fourth-order valence-corrected chi connectivity index (χ4v) is 2.51. The number of hydrogen-bond donors (Lipinski definition) is 1. The Hall–Kier alpha value is -2.11. The molecule has 0 bridgehead atoms. The summed E-state index contributed by atoms with van der Waals surface area (Å²) in [7, 11) is 1.56. The molecule has 1 aliphatic heterocycles. The highest BCUT2D eigenvalue weighted by Crippen LogP contribution is 2.26. The minimum Gasteiger partial charge on any atom is -0.497 e. The van der Waals surface area contributed by atoms with Gasteiger partial charge in [0, 0.05) is 0 Å². The second-order valence-corrected chi connectivity index (χ2v) is 5.37. The monoisotopic (exact) mass is 318 g/mol. The largest absolute Gasteiger partial charge is 0.497 e. The number of ether oxygens (including phenoxy) is 3. The molecule has 1 aliphatic rings. The summed E-state index contributed by atoms with van der Waals surface area (Å²) in [4.78, 5) is 12.3. The summed E-state index contributed by atoms with van der Waals surface area (Å²) in [6.45, 7) is 5.83. The van der Waals surface area contributed by atoms with Crippen LogP contribution in [-0.4, -0.2) is 43.6 Å². The van der Waals surface area contributed by atoms with Gasteiger partial charge in [-0.2, -0.15) is 0 Å². The minimum absolute atomic E-state index is 0.209. The van der Waals surface area contributed by atoms with Crippen LogP contribution < -0.4 is 4.74 Å². The van der Waals surface area contributed by atoms with Gasteiger partial charge < -0.3 is 19.3 Å². The quantitative estimate of drug-likeness (QED) is 0.645. The first-order valence-corrected chi connectivity index (χ1v) is 7.47. The predicted octanol–water partition coefficient (Wildman–Crippen LogP) is 2.50. The summed E-state index contributed by atoms with van der Waals surface area (Å²) in [6, 6.07) is 6.68. The molecule has 0 aliphatic carbocycles. The number of carbonyl (C=O) groups excluding carboxylic acids is 1. The van der Waals surface area contributed by atoms with E-state index in [1.165, 1.54) is 0 Å². The lowest BCUT2D eigenvalue weighted by molar-refractivity contribution is -0.0649. The Balaban J connectivity index is 2.17. The maximum atomic E-state index is 12.3. The SMILES string of the molecule is C=CCC1=C(C)[C@H](OC(=O)c2ccc(OC)cc2)[C@@H](CO)OC1. The maximum Gasteiger partial charge on any atom is 0.338 e. The molecule has 0 unspecified atom stereocenters. The van der Waals surface area contributed by atoms with Gasteiger partial charge in [-0.05, 0) is 48.8 Å². The predicted molar refractivity (Wildman–Crippen MR) is 86.5 cm³/mol. The summed E-state index contributed by atoms with van der Waals surface area (Å²) in [5.74, 6) is 0.207.